The van der Waals surface area contributed by atoms with Gasteiger partial charge in [0.1, 0.15) is 0 Å². The molecular weight excluding hydrogens is 237 g/mol. The van der Waals surface area contributed by atoms with E-state index in [4.69, 9.17) is 14.6 Å². The van der Waals surface area contributed by atoms with Crippen LogP contribution in [0.3, 0.4) is 0 Å². The molecule has 0 aliphatic rings. The van der Waals surface area contributed by atoms with E-state index in [0.717, 1.165) is 5.56 Å². The second-order valence-electron chi connectivity index (χ2n) is 4.12. The summed E-state index contributed by atoms with van der Waals surface area (Å²) in [7, 11) is 3.00. The van der Waals surface area contributed by atoms with Crippen molar-refractivity contribution in [2.24, 2.45) is 0 Å². The smallest absolute Gasteiger partial charge is 0.165 e. The molecule has 0 fully saturated rings. The van der Waals surface area contributed by atoms with E-state index in [1.54, 1.807) is 19.2 Å². The van der Waals surface area contributed by atoms with Crippen LogP contribution < -0.4 is 10.1 Å². The zero-order valence-electron chi connectivity index (χ0n) is 10.9. The number of halogens is 1. The summed E-state index contributed by atoms with van der Waals surface area (Å²) in [6.45, 7) is 2.27. The summed E-state index contributed by atoms with van der Waals surface area (Å²) in [4.78, 5) is 0. The summed E-state index contributed by atoms with van der Waals surface area (Å²) in [6, 6.07) is 4.55. The van der Waals surface area contributed by atoms with E-state index >= 15 is 0 Å². The third-order valence-electron chi connectivity index (χ3n) is 2.75. The number of hydrogen-bond donors (Lipinski definition) is 2. The average Bonchev–Trinajstić information content (AvgIpc) is 2.37. The molecule has 0 aliphatic heterocycles. The van der Waals surface area contributed by atoms with Crippen LogP contribution in [0.4, 0.5) is 4.39 Å². The fourth-order valence-corrected chi connectivity index (χ4v) is 1.76. The van der Waals surface area contributed by atoms with Crippen molar-refractivity contribution in [3.8, 4) is 5.75 Å². The van der Waals surface area contributed by atoms with E-state index in [0.29, 0.717) is 6.61 Å². The minimum Gasteiger partial charge on any atom is -0.494 e. The third-order valence-corrected chi connectivity index (χ3v) is 2.75. The average molecular weight is 257 g/mol. The molecule has 0 saturated carbocycles. The Balaban J connectivity index is 2.71. The summed E-state index contributed by atoms with van der Waals surface area (Å²) in [5.41, 5.74) is 0.794. The Morgan fingerprint density at radius 2 is 2.11 bits per heavy atom. The molecule has 0 spiro atoms. The Morgan fingerprint density at radius 3 is 2.61 bits per heavy atom. The van der Waals surface area contributed by atoms with E-state index in [1.165, 1.54) is 13.2 Å². The molecular formula is C13H20FNO3. The van der Waals surface area contributed by atoms with Gasteiger partial charge in [0.05, 0.1) is 26.4 Å². The molecule has 1 rings (SSSR count). The molecule has 0 aromatic heterocycles. The van der Waals surface area contributed by atoms with Crippen molar-refractivity contribution in [3.05, 3.63) is 29.6 Å². The fourth-order valence-electron chi connectivity index (χ4n) is 1.76. The Kier molecular flexibility index (Phi) is 6.04. The first-order valence-corrected chi connectivity index (χ1v) is 5.81. The fraction of sp³-hybridized carbons (Fsp3) is 0.538. The summed E-state index contributed by atoms with van der Waals surface area (Å²) in [6.07, 6.45) is 0. The van der Waals surface area contributed by atoms with Crippen LogP contribution >= 0.6 is 0 Å². The molecule has 0 saturated heterocycles. The summed E-state index contributed by atoms with van der Waals surface area (Å²) in [5, 5.41) is 12.3. The van der Waals surface area contributed by atoms with Crippen molar-refractivity contribution in [3.63, 3.8) is 0 Å². The van der Waals surface area contributed by atoms with Gasteiger partial charge in [-0.2, -0.15) is 0 Å². The largest absolute Gasteiger partial charge is 0.494 e. The Hall–Kier alpha value is -1.17. The lowest BCUT2D eigenvalue weighted by atomic mass is 10.1. The maximum absolute atomic E-state index is 13.6. The number of benzene rings is 1. The molecule has 1 aromatic rings. The standard InChI is InChI=1S/C13H20FNO3/c1-9(15-11(7-16)8-17-2)10-4-5-13(18-3)12(14)6-10/h4-6,9,11,15-16H,7-8H2,1-3H3. The highest BCUT2D eigenvalue weighted by Gasteiger charge is 2.14. The first-order chi connectivity index (χ1) is 8.62. The molecule has 2 atom stereocenters. The van der Waals surface area contributed by atoms with Gasteiger partial charge in [-0.05, 0) is 24.6 Å². The van der Waals surface area contributed by atoms with E-state index in [1.807, 2.05) is 6.92 Å². The number of aliphatic hydroxyl groups is 1. The predicted molar refractivity (Wildman–Crippen MR) is 67.3 cm³/mol. The third kappa shape index (κ3) is 3.94. The highest BCUT2D eigenvalue weighted by atomic mass is 19.1. The zero-order valence-corrected chi connectivity index (χ0v) is 10.9. The number of rotatable bonds is 7. The first kappa shape index (κ1) is 14.9. The van der Waals surface area contributed by atoms with Crippen LogP contribution in [0.5, 0.6) is 5.75 Å². The number of methoxy groups -OCH3 is 2. The topological polar surface area (TPSA) is 50.7 Å². The molecule has 0 aliphatic carbocycles. The molecule has 4 nitrogen and oxygen atoms in total. The summed E-state index contributed by atoms with van der Waals surface area (Å²) in [5.74, 6) is -0.169. The first-order valence-electron chi connectivity index (χ1n) is 5.81. The van der Waals surface area contributed by atoms with Gasteiger partial charge < -0.3 is 19.9 Å². The van der Waals surface area contributed by atoms with Gasteiger partial charge in [-0.1, -0.05) is 6.07 Å². The van der Waals surface area contributed by atoms with Crippen LogP contribution in [0, 0.1) is 5.82 Å². The number of nitrogens with one attached hydrogen (secondary N) is 1. The van der Waals surface area contributed by atoms with Gasteiger partial charge in [-0.15, -0.1) is 0 Å². The van der Waals surface area contributed by atoms with Gasteiger partial charge in [0.25, 0.3) is 0 Å². The second kappa shape index (κ2) is 7.31. The molecule has 0 radical (unpaired) electrons. The molecule has 0 heterocycles. The van der Waals surface area contributed by atoms with E-state index in [2.05, 4.69) is 5.32 Å². The van der Waals surface area contributed by atoms with Crippen LogP contribution in [0.2, 0.25) is 0 Å². The number of aliphatic hydroxyl groups excluding tert-OH is 1. The van der Waals surface area contributed by atoms with Crippen molar-refractivity contribution < 1.29 is 19.0 Å². The van der Waals surface area contributed by atoms with Gasteiger partial charge in [-0.25, -0.2) is 4.39 Å². The van der Waals surface area contributed by atoms with Gasteiger partial charge in [0, 0.05) is 13.2 Å². The highest BCUT2D eigenvalue weighted by Crippen LogP contribution is 2.21. The summed E-state index contributed by atoms with van der Waals surface area (Å²) < 4.78 is 23.4. The van der Waals surface area contributed by atoms with Gasteiger partial charge in [0.2, 0.25) is 0 Å². The van der Waals surface area contributed by atoms with Crippen molar-refractivity contribution in [2.45, 2.75) is 19.0 Å². The minimum atomic E-state index is -0.393. The van der Waals surface area contributed by atoms with Crippen LogP contribution in [0.15, 0.2) is 18.2 Å². The Morgan fingerprint density at radius 1 is 1.39 bits per heavy atom. The predicted octanol–water partition coefficient (Wildman–Crippen LogP) is 1.49. The molecule has 102 valence electrons. The highest BCUT2D eigenvalue weighted by molar-refractivity contribution is 5.30. The van der Waals surface area contributed by atoms with E-state index in [-0.39, 0.29) is 24.4 Å². The SMILES string of the molecule is COCC(CO)NC(C)c1ccc(OC)c(F)c1. The maximum Gasteiger partial charge on any atom is 0.165 e. The lowest BCUT2D eigenvalue weighted by molar-refractivity contribution is 0.123. The molecule has 1 aromatic carbocycles. The van der Waals surface area contributed by atoms with Crippen molar-refractivity contribution >= 4 is 0 Å². The second-order valence-corrected chi connectivity index (χ2v) is 4.12. The summed E-state index contributed by atoms with van der Waals surface area (Å²) >= 11 is 0. The molecule has 0 bridgehead atoms. The molecule has 2 N–H and O–H groups in total. The van der Waals surface area contributed by atoms with Crippen LogP contribution in [-0.4, -0.2) is 38.6 Å². The van der Waals surface area contributed by atoms with Gasteiger partial charge in [-0.3, -0.25) is 0 Å². The Bertz CT molecular complexity index is 373. The molecule has 5 heteroatoms. The minimum absolute atomic E-state index is 0.0309. The normalized spacial score (nSPS) is 14.3. The molecule has 2 unspecified atom stereocenters. The van der Waals surface area contributed by atoms with Crippen LogP contribution in [-0.2, 0) is 4.74 Å². The maximum atomic E-state index is 13.6. The van der Waals surface area contributed by atoms with Gasteiger partial charge >= 0.3 is 0 Å². The lowest BCUT2D eigenvalue weighted by Gasteiger charge is -2.21. The van der Waals surface area contributed by atoms with Crippen LogP contribution in [0.25, 0.3) is 0 Å². The van der Waals surface area contributed by atoms with E-state index < -0.39 is 5.82 Å². The quantitative estimate of drug-likeness (QED) is 0.777. The number of ether oxygens (including phenoxy) is 2. The van der Waals surface area contributed by atoms with Crippen molar-refractivity contribution in [2.75, 3.05) is 27.4 Å². The molecule has 18 heavy (non-hydrogen) atoms. The zero-order chi connectivity index (χ0) is 13.5. The monoisotopic (exact) mass is 257 g/mol. The van der Waals surface area contributed by atoms with Gasteiger partial charge in [0.15, 0.2) is 11.6 Å². The van der Waals surface area contributed by atoms with Crippen molar-refractivity contribution in [1.82, 2.24) is 5.32 Å². The lowest BCUT2D eigenvalue weighted by Crippen LogP contribution is -2.38. The van der Waals surface area contributed by atoms with Crippen LogP contribution in [0.1, 0.15) is 18.5 Å². The molecule has 0 amide bonds. The van der Waals surface area contributed by atoms with Crippen molar-refractivity contribution in [1.29, 1.82) is 0 Å². The Labute approximate surface area is 107 Å². The number of hydrogen-bond acceptors (Lipinski definition) is 4. The van der Waals surface area contributed by atoms with E-state index in [9.17, 15) is 4.39 Å².